The molecule has 202 valence electrons. The second-order valence-electron chi connectivity index (χ2n) is 11.8. The third-order valence-corrected chi connectivity index (χ3v) is 8.78. The van der Waals surface area contributed by atoms with Gasteiger partial charge in [0, 0.05) is 17.2 Å². The summed E-state index contributed by atoms with van der Waals surface area (Å²) in [6.07, 6.45) is 11.3. The molecule has 4 atom stereocenters. The molecule has 0 saturated heterocycles. The van der Waals surface area contributed by atoms with Crippen LogP contribution in [-0.4, -0.2) is 33.2 Å². The van der Waals surface area contributed by atoms with E-state index < -0.39 is 17.1 Å². The minimum atomic E-state index is -1.16. The van der Waals surface area contributed by atoms with E-state index in [0.717, 1.165) is 42.4 Å². The van der Waals surface area contributed by atoms with E-state index >= 15 is 0 Å². The van der Waals surface area contributed by atoms with Gasteiger partial charge in [-0.05, 0) is 60.8 Å². The number of benzene rings is 1. The highest BCUT2D eigenvalue weighted by atomic mass is 16.5. The molecule has 0 fully saturated rings. The Hall–Kier alpha value is -3.21. The zero-order valence-electron chi connectivity index (χ0n) is 23.4. The summed E-state index contributed by atoms with van der Waals surface area (Å²) in [5, 5.41) is 24.6. The number of H-pyrrole nitrogens is 1. The number of imidazole rings is 1. The summed E-state index contributed by atoms with van der Waals surface area (Å²) in [5.74, 6) is -0.589. The molecule has 2 heterocycles. The highest BCUT2D eigenvalue weighted by molar-refractivity contribution is 6.03. The molecule has 4 rings (SSSR count). The average molecular weight is 517 g/mol. The van der Waals surface area contributed by atoms with Crippen LogP contribution in [0.15, 0.2) is 42.6 Å². The number of anilines is 1. The van der Waals surface area contributed by atoms with Crippen molar-refractivity contribution >= 4 is 17.2 Å². The first-order valence-corrected chi connectivity index (χ1v) is 13.6. The number of aliphatic hydroxyl groups is 1. The van der Waals surface area contributed by atoms with Gasteiger partial charge in [-0.25, -0.2) is 4.98 Å². The van der Waals surface area contributed by atoms with Gasteiger partial charge in [-0.1, -0.05) is 65.3 Å². The van der Waals surface area contributed by atoms with E-state index in [2.05, 4.69) is 62.1 Å². The monoisotopic (exact) mass is 516 g/mol. The number of aromatic nitrogens is 2. The number of hydrogen-bond donors (Lipinski definition) is 3. The van der Waals surface area contributed by atoms with E-state index in [1.165, 1.54) is 6.20 Å². The van der Waals surface area contributed by atoms with Gasteiger partial charge in [-0.2, -0.15) is 5.26 Å². The van der Waals surface area contributed by atoms with Gasteiger partial charge in [-0.15, -0.1) is 0 Å². The SMILES string of the molecule is CC[C@@H](C)[C@](O)(c1ccc(NC(=O)c2ncc(C#N)[nH]2)c(C2=CCC(C)(C)CC2)c1)[C@@H](C)C1(C)C=CCO1. The fourth-order valence-electron chi connectivity index (χ4n) is 5.70. The molecule has 1 unspecified atom stereocenters. The lowest BCUT2D eigenvalue weighted by molar-refractivity contribution is -0.138. The maximum absolute atomic E-state index is 13.0. The van der Waals surface area contributed by atoms with Crippen molar-refractivity contribution in [3.05, 3.63) is 65.3 Å². The van der Waals surface area contributed by atoms with E-state index in [1.807, 2.05) is 37.3 Å². The van der Waals surface area contributed by atoms with Crippen molar-refractivity contribution in [1.29, 1.82) is 5.26 Å². The van der Waals surface area contributed by atoms with Crippen molar-refractivity contribution in [3.8, 4) is 6.07 Å². The number of hydrogen-bond acceptors (Lipinski definition) is 5. The van der Waals surface area contributed by atoms with E-state index in [1.54, 1.807) is 0 Å². The zero-order chi connectivity index (χ0) is 27.7. The third-order valence-electron chi connectivity index (χ3n) is 8.78. The molecule has 38 heavy (non-hydrogen) atoms. The number of nitrogens with zero attached hydrogens (tertiary/aromatic N) is 2. The Morgan fingerprint density at radius 2 is 2.11 bits per heavy atom. The molecule has 7 heteroatoms. The first-order chi connectivity index (χ1) is 17.9. The minimum Gasteiger partial charge on any atom is -0.384 e. The maximum atomic E-state index is 13.0. The summed E-state index contributed by atoms with van der Waals surface area (Å²) in [4.78, 5) is 19.8. The number of carbonyl (C=O) groups is 1. The topological polar surface area (TPSA) is 111 Å². The number of carbonyl (C=O) groups excluding carboxylic acids is 1. The van der Waals surface area contributed by atoms with Crippen molar-refractivity contribution in [2.45, 2.75) is 78.4 Å². The molecule has 1 aromatic carbocycles. The standard InChI is InChI=1S/C31H40N4O3/c1-7-20(2)31(37,21(3)30(6)13-8-16-38-30)23-9-10-26(35-28(36)27-33-19-24(18-32)34-27)25(17-23)22-11-14-29(4,5)15-12-22/h8-11,13,17,19-21,37H,7,12,14-16H2,1-6H3,(H,33,34)(H,35,36)/t20-,21+,30?,31-/m1/s1. The van der Waals surface area contributed by atoms with Gasteiger partial charge < -0.3 is 20.1 Å². The zero-order valence-corrected chi connectivity index (χ0v) is 23.4. The Labute approximate surface area is 226 Å². The number of nitrogens with one attached hydrogen (secondary N) is 2. The molecule has 0 spiro atoms. The molecule has 1 aromatic heterocycles. The summed E-state index contributed by atoms with van der Waals surface area (Å²) in [6.45, 7) is 13.3. The van der Waals surface area contributed by atoms with Gasteiger partial charge in [0.25, 0.3) is 5.91 Å². The number of rotatable bonds is 8. The van der Waals surface area contributed by atoms with Crippen molar-refractivity contribution in [2.75, 3.05) is 11.9 Å². The summed E-state index contributed by atoms with van der Waals surface area (Å²) in [5.41, 5.74) is 2.23. The van der Waals surface area contributed by atoms with Crippen LogP contribution in [0.25, 0.3) is 5.57 Å². The van der Waals surface area contributed by atoms with E-state index in [-0.39, 0.29) is 28.8 Å². The Morgan fingerprint density at radius 3 is 2.68 bits per heavy atom. The first-order valence-electron chi connectivity index (χ1n) is 13.6. The number of amides is 1. The molecule has 0 bridgehead atoms. The fourth-order valence-corrected chi connectivity index (χ4v) is 5.70. The average Bonchev–Trinajstić information content (AvgIpc) is 3.57. The molecule has 7 nitrogen and oxygen atoms in total. The van der Waals surface area contributed by atoms with Crippen molar-refractivity contribution in [3.63, 3.8) is 0 Å². The molecule has 3 N–H and O–H groups in total. The van der Waals surface area contributed by atoms with Gasteiger partial charge in [0.1, 0.15) is 11.8 Å². The predicted octanol–water partition coefficient (Wildman–Crippen LogP) is 6.34. The van der Waals surface area contributed by atoms with Crippen LogP contribution in [0.3, 0.4) is 0 Å². The number of allylic oxidation sites excluding steroid dienone is 2. The summed E-state index contributed by atoms with van der Waals surface area (Å²) >= 11 is 0. The van der Waals surface area contributed by atoms with E-state index in [0.29, 0.717) is 12.3 Å². The summed E-state index contributed by atoms with van der Waals surface area (Å²) < 4.78 is 6.10. The van der Waals surface area contributed by atoms with Crippen LogP contribution >= 0.6 is 0 Å². The Balaban J connectivity index is 1.80. The van der Waals surface area contributed by atoms with Crippen LogP contribution in [0.2, 0.25) is 0 Å². The fraction of sp³-hybridized carbons (Fsp3) is 0.516. The lowest BCUT2D eigenvalue weighted by Crippen LogP contribution is -2.50. The second kappa shape index (κ2) is 10.5. The molecule has 2 aromatic rings. The summed E-state index contributed by atoms with van der Waals surface area (Å²) in [6, 6.07) is 7.81. The van der Waals surface area contributed by atoms with Crippen molar-refractivity contribution in [2.24, 2.45) is 17.3 Å². The highest BCUT2D eigenvalue weighted by Crippen LogP contribution is 2.48. The smallest absolute Gasteiger partial charge is 0.291 e. The Bertz CT molecular complexity index is 1300. The van der Waals surface area contributed by atoms with Crippen LogP contribution < -0.4 is 5.32 Å². The van der Waals surface area contributed by atoms with Gasteiger partial charge >= 0.3 is 0 Å². The minimum absolute atomic E-state index is 0.0352. The normalized spacial score (nSPS) is 23.7. The molecular weight excluding hydrogens is 476 g/mol. The van der Waals surface area contributed by atoms with E-state index in [9.17, 15) is 9.90 Å². The predicted molar refractivity (Wildman–Crippen MR) is 149 cm³/mol. The number of aromatic amines is 1. The molecule has 2 aliphatic rings. The third kappa shape index (κ3) is 5.21. The first kappa shape index (κ1) is 27.8. The Morgan fingerprint density at radius 1 is 1.34 bits per heavy atom. The van der Waals surface area contributed by atoms with Gasteiger partial charge in [0.2, 0.25) is 0 Å². The molecule has 1 aliphatic carbocycles. The molecule has 0 radical (unpaired) electrons. The lowest BCUT2D eigenvalue weighted by atomic mass is 9.66. The quantitative estimate of drug-likeness (QED) is 0.354. The molecule has 0 saturated carbocycles. The van der Waals surface area contributed by atoms with Gasteiger partial charge in [0.15, 0.2) is 5.82 Å². The van der Waals surface area contributed by atoms with Crippen LogP contribution in [0.1, 0.15) is 94.7 Å². The van der Waals surface area contributed by atoms with Crippen LogP contribution in [0, 0.1) is 28.6 Å². The van der Waals surface area contributed by atoms with Crippen molar-refractivity contribution < 1.29 is 14.6 Å². The lowest BCUT2D eigenvalue weighted by Gasteiger charge is -2.46. The Kier molecular flexibility index (Phi) is 7.69. The molecular formula is C31H40N4O3. The second-order valence-corrected chi connectivity index (χ2v) is 11.8. The number of ether oxygens (including phenoxy) is 1. The molecule has 1 amide bonds. The van der Waals surface area contributed by atoms with Crippen LogP contribution in [0.4, 0.5) is 5.69 Å². The maximum Gasteiger partial charge on any atom is 0.291 e. The largest absolute Gasteiger partial charge is 0.384 e. The van der Waals surface area contributed by atoms with Gasteiger partial charge in [0.05, 0.1) is 24.0 Å². The summed E-state index contributed by atoms with van der Waals surface area (Å²) in [7, 11) is 0. The van der Waals surface area contributed by atoms with Gasteiger partial charge in [-0.3, -0.25) is 4.79 Å². The van der Waals surface area contributed by atoms with Crippen LogP contribution in [-0.2, 0) is 10.3 Å². The number of nitriles is 1. The van der Waals surface area contributed by atoms with Crippen molar-refractivity contribution in [1.82, 2.24) is 9.97 Å². The van der Waals surface area contributed by atoms with E-state index in [4.69, 9.17) is 10.00 Å². The molecule has 1 aliphatic heterocycles. The highest BCUT2D eigenvalue weighted by Gasteiger charge is 2.49. The van der Waals surface area contributed by atoms with Crippen LogP contribution in [0.5, 0.6) is 0 Å².